The number of aryl methyl sites for hydroxylation is 1. The Kier molecular flexibility index (Phi) is 5.66. The van der Waals surface area contributed by atoms with Gasteiger partial charge in [-0.05, 0) is 37.8 Å². The average Bonchev–Trinajstić information content (AvgIpc) is 2.33. The summed E-state index contributed by atoms with van der Waals surface area (Å²) in [6, 6.07) is 4.41. The Hall–Kier alpha value is -0.760. The second kappa shape index (κ2) is 6.60. The fourth-order valence-corrected chi connectivity index (χ4v) is 4.00. The van der Waals surface area contributed by atoms with Crippen LogP contribution in [-0.2, 0) is 10.0 Å². The number of sulfonamides is 1. The van der Waals surface area contributed by atoms with Gasteiger partial charge in [0.05, 0.1) is 11.5 Å². The summed E-state index contributed by atoms with van der Waals surface area (Å²) in [6.45, 7) is 3.37. The van der Waals surface area contributed by atoms with Crippen LogP contribution in [0.4, 0.5) is 5.69 Å². The van der Waals surface area contributed by atoms with Gasteiger partial charge in [-0.2, -0.15) is 11.8 Å². The molecule has 0 saturated carbocycles. The van der Waals surface area contributed by atoms with Crippen molar-refractivity contribution in [1.29, 1.82) is 0 Å². The molecule has 1 rings (SSSR count). The van der Waals surface area contributed by atoms with Gasteiger partial charge in [-0.25, -0.2) is 13.1 Å². The average molecular weight is 304 g/mol. The maximum Gasteiger partial charge on any atom is 0.241 e. The SMILES string of the molecule is CSC(CO)C(C)NS(=O)(=O)c1cc(N)ccc1C. The number of anilines is 1. The van der Waals surface area contributed by atoms with Crippen molar-refractivity contribution in [3.05, 3.63) is 23.8 Å². The van der Waals surface area contributed by atoms with Crippen LogP contribution < -0.4 is 10.5 Å². The molecule has 108 valence electrons. The third-order valence-corrected chi connectivity index (χ3v) is 5.75. The molecule has 0 aromatic heterocycles. The number of nitrogens with one attached hydrogen (secondary N) is 1. The lowest BCUT2D eigenvalue weighted by Crippen LogP contribution is -2.41. The molecule has 0 amide bonds. The number of nitrogens with two attached hydrogens (primary N) is 1. The van der Waals surface area contributed by atoms with Crippen molar-refractivity contribution in [3.8, 4) is 0 Å². The van der Waals surface area contributed by atoms with Gasteiger partial charge in [-0.3, -0.25) is 0 Å². The van der Waals surface area contributed by atoms with Crippen LogP contribution >= 0.6 is 11.8 Å². The first kappa shape index (κ1) is 16.3. The summed E-state index contributed by atoms with van der Waals surface area (Å²) in [5.74, 6) is 0. The highest BCUT2D eigenvalue weighted by Crippen LogP contribution is 2.20. The van der Waals surface area contributed by atoms with Crippen LogP contribution in [0.5, 0.6) is 0 Å². The van der Waals surface area contributed by atoms with Crippen LogP contribution in [0, 0.1) is 6.92 Å². The maximum atomic E-state index is 12.3. The number of nitrogen functional groups attached to an aromatic ring is 1. The number of aliphatic hydroxyl groups excluding tert-OH is 1. The molecule has 0 aliphatic rings. The monoisotopic (exact) mass is 304 g/mol. The third kappa shape index (κ3) is 4.10. The highest BCUT2D eigenvalue weighted by molar-refractivity contribution is 7.99. The zero-order chi connectivity index (χ0) is 14.6. The van der Waals surface area contributed by atoms with Gasteiger partial charge in [0.2, 0.25) is 10.0 Å². The molecule has 1 aromatic carbocycles. The van der Waals surface area contributed by atoms with Crippen LogP contribution in [0.15, 0.2) is 23.1 Å². The van der Waals surface area contributed by atoms with Crippen LogP contribution in [-0.4, -0.2) is 37.7 Å². The summed E-state index contributed by atoms with van der Waals surface area (Å²) in [4.78, 5) is 0.178. The fraction of sp³-hybridized carbons (Fsp3) is 0.500. The van der Waals surface area contributed by atoms with Crippen molar-refractivity contribution < 1.29 is 13.5 Å². The van der Waals surface area contributed by atoms with Crippen molar-refractivity contribution in [2.24, 2.45) is 0 Å². The predicted molar refractivity (Wildman–Crippen MR) is 79.8 cm³/mol. The van der Waals surface area contributed by atoms with E-state index in [1.807, 2.05) is 6.26 Å². The molecule has 0 spiro atoms. The molecule has 5 nitrogen and oxygen atoms in total. The zero-order valence-electron chi connectivity index (χ0n) is 11.3. The second-order valence-electron chi connectivity index (χ2n) is 4.39. The molecule has 2 unspecified atom stereocenters. The van der Waals surface area contributed by atoms with Crippen LogP contribution in [0.3, 0.4) is 0 Å². The van der Waals surface area contributed by atoms with E-state index in [1.165, 1.54) is 17.8 Å². The molecule has 0 heterocycles. The first-order valence-electron chi connectivity index (χ1n) is 5.84. The normalized spacial score (nSPS) is 15.2. The Morgan fingerprint density at radius 1 is 1.47 bits per heavy atom. The van der Waals surface area contributed by atoms with E-state index in [-0.39, 0.29) is 22.8 Å². The number of hydrogen-bond acceptors (Lipinski definition) is 5. The van der Waals surface area contributed by atoms with E-state index in [9.17, 15) is 13.5 Å². The molecule has 2 atom stereocenters. The summed E-state index contributed by atoms with van der Waals surface area (Å²) >= 11 is 1.42. The van der Waals surface area contributed by atoms with E-state index in [4.69, 9.17) is 5.73 Å². The van der Waals surface area contributed by atoms with Crippen LogP contribution in [0.2, 0.25) is 0 Å². The molecular formula is C12H20N2O3S2. The van der Waals surface area contributed by atoms with E-state index in [0.29, 0.717) is 11.3 Å². The first-order chi connectivity index (χ1) is 8.81. The molecular weight excluding hydrogens is 284 g/mol. The molecule has 19 heavy (non-hydrogen) atoms. The zero-order valence-corrected chi connectivity index (χ0v) is 12.9. The lowest BCUT2D eigenvalue weighted by Gasteiger charge is -2.21. The Labute approximate surface area is 118 Å². The molecule has 0 radical (unpaired) electrons. The smallest absolute Gasteiger partial charge is 0.241 e. The van der Waals surface area contributed by atoms with Gasteiger partial charge in [-0.1, -0.05) is 6.07 Å². The van der Waals surface area contributed by atoms with E-state index in [1.54, 1.807) is 26.0 Å². The number of rotatable bonds is 6. The first-order valence-corrected chi connectivity index (χ1v) is 8.61. The van der Waals surface area contributed by atoms with Crippen molar-refractivity contribution in [1.82, 2.24) is 4.72 Å². The van der Waals surface area contributed by atoms with Crippen molar-refractivity contribution in [3.63, 3.8) is 0 Å². The summed E-state index contributed by atoms with van der Waals surface area (Å²) in [5, 5.41) is 9.00. The molecule has 7 heteroatoms. The van der Waals surface area contributed by atoms with Gasteiger partial charge in [0.15, 0.2) is 0 Å². The summed E-state index contributed by atoms with van der Waals surface area (Å²) in [5.41, 5.74) is 6.67. The highest BCUT2D eigenvalue weighted by atomic mass is 32.2. The summed E-state index contributed by atoms with van der Waals surface area (Å²) in [7, 11) is -3.63. The minimum Gasteiger partial charge on any atom is -0.399 e. The summed E-state index contributed by atoms with van der Waals surface area (Å²) < 4.78 is 27.2. The van der Waals surface area contributed by atoms with E-state index < -0.39 is 10.0 Å². The van der Waals surface area contributed by atoms with Gasteiger partial charge in [0.1, 0.15) is 0 Å². The van der Waals surface area contributed by atoms with Gasteiger partial charge in [-0.15, -0.1) is 0 Å². The Bertz CT molecular complexity index is 528. The number of hydrogen-bond donors (Lipinski definition) is 3. The maximum absolute atomic E-state index is 12.3. The van der Waals surface area contributed by atoms with Gasteiger partial charge in [0.25, 0.3) is 0 Å². The van der Waals surface area contributed by atoms with Gasteiger partial charge in [0, 0.05) is 17.0 Å². The highest BCUT2D eigenvalue weighted by Gasteiger charge is 2.24. The van der Waals surface area contributed by atoms with E-state index >= 15 is 0 Å². The Morgan fingerprint density at radius 3 is 2.63 bits per heavy atom. The molecule has 0 aliphatic carbocycles. The number of thioether (sulfide) groups is 1. The van der Waals surface area contributed by atoms with Crippen LogP contribution in [0.25, 0.3) is 0 Å². The Balaban J connectivity index is 3.01. The minimum atomic E-state index is -3.63. The van der Waals surface area contributed by atoms with Crippen molar-refractivity contribution in [2.45, 2.75) is 30.0 Å². The largest absolute Gasteiger partial charge is 0.399 e. The third-order valence-electron chi connectivity index (χ3n) is 2.88. The Morgan fingerprint density at radius 2 is 2.11 bits per heavy atom. The fourth-order valence-electron chi connectivity index (χ4n) is 1.73. The predicted octanol–water partition coefficient (Wildman–Crippen LogP) is 0.968. The van der Waals surface area contributed by atoms with Crippen molar-refractivity contribution >= 4 is 27.5 Å². The number of benzene rings is 1. The van der Waals surface area contributed by atoms with Crippen LogP contribution in [0.1, 0.15) is 12.5 Å². The lowest BCUT2D eigenvalue weighted by atomic mass is 10.2. The molecule has 0 bridgehead atoms. The quantitative estimate of drug-likeness (QED) is 0.681. The number of aliphatic hydroxyl groups is 1. The molecule has 0 fully saturated rings. The molecule has 0 aliphatic heterocycles. The topological polar surface area (TPSA) is 92.4 Å². The molecule has 1 aromatic rings. The minimum absolute atomic E-state index is 0.0826. The molecule has 0 saturated heterocycles. The molecule has 4 N–H and O–H groups in total. The van der Waals surface area contributed by atoms with Crippen molar-refractivity contribution in [2.75, 3.05) is 18.6 Å². The van der Waals surface area contributed by atoms with E-state index in [2.05, 4.69) is 4.72 Å². The van der Waals surface area contributed by atoms with Gasteiger partial charge >= 0.3 is 0 Å². The van der Waals surface area contributed by atoms with Gasteiger partial charge < -0.3 is 10.8 Å². The van der Waals surface area contributed by atoms with E-state index in [0.717, 1.165) is 0 Å². The summed E-state index contributed by atoms with van der Waals surface area (Å²) in [6.07, 6.45) is 1.83. The second-order valence-corrected chi connectivity index (χ2v) is 7.15. The lowest BCUT2D eigenvalue weighted by molar-refractivity contribution is 0.282. The standard InChI is InChI=1S/C12H20N2O3S2/c1-8-4-5-10(13)6-12(8)19(16,17)14-9(2)11(7-15)18-3/h4-6,9,11,14-15H,7,13H2,1-3H3.